The highest BCUT2D eigenvalue weighted by Crippen LogP contribution is 2.38. The fraction of sp³-hybridized carbons (Fsp3) is 0.632. The van der Waals surface area contributed by atoms with Crippen LogP contribution in [0, 0.1) is 5.41 Å². The van der Waals surface area contributed by atoms with Crippen molar-refractivity contribution in [3.05, 3.63) is 30.3 Å². The standard InChI is InChI=1S/C19H30N4O.HI/c1-16(22(3)17-7-5-4-6-8-17)13-21-18(20-2)23-11-9-19(14-23)10-12-24-15-19;/h4-8,16H,9-15H2,1-3H3,(H,20,21);1H. The molecule has 0 saturated carbocycles. The van der Waals surface area contributed by atoms with E-state index in [4.69, 9.17) is 4.74 Å². The molecule has 2 unspecified atom stereocenters. The number of halogens is 1. The summed E-state index contributed by atoms with van der Waals surface area (Å²) in [6.07, 6.45) is 2.40. The Hall–Kier alpha value is -1.02. The summed E-state index contributed by atoms with van der Waals surface area (Å²) < 4.78 is 5.63. The topological polar surface area (TPSA) is 40.1 Å². The normalized spacial score (nSPS) is 24.3. The van der Waals surface area contributed by atoms with Crippen molar-refractivity contribution in [2.45, 2.75) is 25.8 Å². The Kier molecular flexibility index (Phi) is 7.37. The first-order chi connectivity index (χ1) is 11.6. The molecule has 2 aliphatic heterocycles. The SMILES string of the molecule is CN=C(NCC(C)N(C)c1ccccc1)N1CCC2(CCOC2)C1.I. The van der Waals surface area contributed by atoms with E-state index in [1.165, 1.54) is 18.5 Å². The lowest BCUT2D eigenvalue weighted by Gasteiger charge is -2.30. The zero-order chi connectivity index (χ0) is 17.0. The zero-order valence-electron chi connectivity index (χ0n) is 15.6. The van der Waals surface area contributed by atoms with Crippen molar-refractivity contribution in [2.75, 3.05) is 51.8 Å². The fourth-order valence-corrected chi connectivity index (χ4v) is 3.71. The fourth-order valence-electron chi connectivity index (χ4n) is 3.71. The number of likely N-dealkylation sites (tertiary alicyclic amines) is 1. The number of nitrogens with zero attached hydrogens (tertiary/aromatic N) is 3. The smallest absolute Gasteiger partial charge is 0.193 e. The van der Waals surface area contributed by atoms with E-state index in [0.717, 1.165) is 38.8 Å². The second kappa shape index (κ2) is 9.07. The predicted molar refractivity (Wildman–Crippen MR) is 115 cm³/mol. The van der Waals surface area contributed by atoms with E-state index in [1.807, 2.05) is 7.05 Å². The Morgan fingerprint density at radius 1 is 1.36 bits per heavy atom. The number of benzene rings is 1. The number of nitrogens with one attached hydrogen (secondary N) is 1. The number of ether oxygens (including phenoxy) is 1. The minimum Gasteiger partial charge on any atom is -0.381 e. The van der Waals surface area contributed by atoms with E-state index in [1.54, 1.807) is 0 Å². The van der Waals surface area contributed by atoms with Gasteiger partial charge in [-0.1, -0.05) is 18.2 Å². The first-order valence-electron chi connectivity index (χ1n) is 8.95. The van der Waals surface area contributed by atoms with Gasteiger partial charge in [0.2, 0.25) is 0 Å². The molecule has 1 aromatic carbocycles. The maximum Gasteiger partial charge on any atom is 0.193 e. The van der Waals surface area contributed by atoms with Gasteiger partial charge in [0.05, 0.1) is 6.61 Å². The maximum atomic E-state index is 5.63. The lowest BCUT2D eigenvalue weighted by molar-refractivity contribution is 0.156. The highest BCUT2D eigenvalue weighted by atomic mass is 127. The quantitative estimate of drug-likeness (QED) is 0.428. The van der Waals surface area contributed by atoms with Crippen LogP contribution in [0.3, 0.4) is 0 Å². The van der Waals surface area contributed by atoms with Gasteiger partial charge < -0.3 is 19.9 Å². The van der Waals surface area contributed by atoms with Crippen LogP contribution >= 0.6 is 24.0 Å². The first kappa shape index (κ1) is 20.3. The Balaban J connectivity index is 0.00000225. The lowest BCUT2D eigenvalue weighted by atomic mass is 9.87. The Bertz CT molecular complexity index is 560. The third kappa shape index (κ3) is 4.78. The number of anilines is 1. The number of likely N-dealkylation sites (N-methyl/N-ethyl adjacent to an activating group) is 1. The highest BCUT2D eigenvalue weighted by molar-refractivity contribution is 14.0. The molecule has 2 aliphatic rings. The van der Waals surface area contributed by atoms with Crippen molar-refractivity contribution in [3.63, 3.8) is 0 Å². The number of hydrogen-bond donors (Lipinski definition) is 1. The van der Waals surface area contributed by atoms with Crippen molar-refractivity contribution in [1.82, 2.24) is 10.2 Å². The van der Waals surface area contributed by atoms with Gasteiger partial charge in [-0.3, -0.25) is 4.99 Å². The second-order valence-corrected chi connectivity index (χ2v) is 7.20. The molecule has 0 amide bonds. The van der Waals surface area contributed by atoms with Gasteiger partial charge in [0.25, 0.3) is 0 Å². The molecular formula is C19H31IN4O. The molecule has 2 heterocycles. The molecule has 0 radical (unpaired) electrons. The molecule has 2 saturated heterocycles. The number of hydrogen-bond acceptors (Lipinski definition) is 3. The van der Waals surface area contributed by atoms with Crippen molar-refractivity contribution in [1.29, 1.82) is 0 Å². The molecule has 25 heavy (non-hydrogen) atoms. The van der Waals surface area contributed by atoms with E-state index in [0.29, 0.717) is 11.5 Å². The number of rotatable bonds is 4. The van der Waals surface area contributed by atoms with Crippen LogP contribution in [0.5, 0.6) is 0 Å². The minimum atomic E-state index is 0. The summed E-state index contributed by atoms with van der Waals surface area (Å²) in [5.41, 5.74) is 1.61. The highest BCUT2D eigenvalue weighted by Gasteiger charge is 2.42. The van der Waals surface area contributed by atoms with Crippen molar-refractivity contribution in [2.24, 2.45) is 10.4 Å². The van der Waals surface area contributed by atoms with Crippen LogP contribution in [0.2, 0.25) is 0 Å². The molecule has 2 fully saturated rings. The molecule has 5 nitrogen and oxygen atoms in total. The number of aliphatic imine (C=N–C) groups is 1. The average molecular weight is 458 g/mol. The van der Waals surface area contributed by atoms with Crippen molar-refractivity contribution in [3.8, 4) is 0 Å². The summed E-state index contributed by atoms with van der Waals surface area (Å²) in [6.45, 7) is 7.08. The molecule has 140 valence electrons. The van der Waals surface area contributed by atoms with Crippen LogP contribution in [-0.4, -0.2) is 63.8 Å². The molecule has 3 rings (SSSR count). The summed E-state index contributed by atoms with van der Waals surface area (Å²) in [5, 5.41) is 3.56. The van der Waals surface area contributed by atoms with Crippen molar-refractivity contribution >= 4 is 35.6 Å². The van der Waals surface area contributed by atoms with Crippen LogP contribution in [-0.2, 0) is 4.74 Å². The van der Waals surface area contributed by atoms with Crippen LogP contribution in [0.1, 0.15) is 19.8 Å². The van der Waals surface area contributed by atoms with E-state index < -0.39 is 0 Å². The van der Waals surface area contributed by atoms with E-state index in [9.17, 15) is 0 Å². The summed E-state index contributed by atoms with van der Waals surface area (Å²) in [4.78, 5) is 9.20. The molecule has 0 bridgehead atoms. The molecule has 2 atom stereocenters. The van der Waals surface area contributed by atoms with Gasteiger partial charge in [0.15, 0.2) is 5.96 Å². The van der Waals surface area contributed by atoms with Gasteiger partial charge in [-0.2, -0.15) is 0 Å². The van der Waals surface area contributed by atoms with Crippen molar-refractivity contribution < 1.29 is 4.74 Å². The van der Waals surface area contributed by atoms with Gasteiger partial charge in [-0.05, 0) is 31.9 Å². The third-order valence-corrected chi connectivity index (χ3v) is 5.51. The Morgan fingerprint density at radius 2 is 2.12 bits per heavy atom. The molecule has 0 aliphatic carbocycles. The summed E-state index contributed by atoms with van der Waals surface area (Å²) >= 11 is 0. The van der Waals surface area contributed by atoms with Crippen LogP contribution in [0.4, 0.5) is 5.69 Å². The summed E-state index contributed by atoms with van der Waals surface area (Å²) in [6, 6.07) is 10.9. The van der Waals surface area contributed by atoms with Gasteiger partial charge in [-0.15, -0.1) is 24.0 Å². The molecule has 6 heteroatoms. The molecule has 1 spiro atoms. The van der Waals surface area contributed by atoms with Crippen LogP contribution < -0.4 is 10.2 Å². The third-order valence-electron chi connectivity index (χ3n) is 5.51. The number of para-hydroxylation sites is 1. The van der Waals surface area contributed by atoms with E-state index >= 15 is 0 Å². The maximum absolute atomic E-state index is 5.63. The number of guanidine groups is 1. The summed E-state index contributed by atoms with van der Waals surface area (Å²) in [5.74, 6) is 1.02. The van der Waals surface area contributed by atoms with Crippen LogP contribution in [0.25, 0.3) is 0 Å². The van der Waals surface area contributed by atoms with Gasteiger partial charge >= 0.3 is 0 Å². The van der Waals surface area contributed by atoms with E-state index in [2.05, 4.69) is 64.4 Å². The van der Waals surface area contributed by atoms with Crippen LogP contribution in [0.15, 0.2) is 35.3 Å². The monoisotopic (exact) mass is 458 g/mol. The van der Waals surface area contributed by atoms with Gasteiger partial charge in [0, 0.05) is 57.5 Å². The largest absolute Gasteiger partial charge is 0.381 e. The molecule has 0 aromatic heterocycles. The predicted octanol–water partition coefficient (Wildman–Crippen LogP) is 2.82. The molecule has 1 N–H and O–H groups in total. The van der Waals surface area contributed by atoms with E-state index in [-0.39, 0.29) is 24.0 Å². The molecule has 1 aromatic rings. The summed E-state index contributed by atoms with van der Waals surface area (Å²) in [7, 11) is 4.02. The zero-order valence-corrected chi connectivity index (χ0v) is 17.9. The van der Waals surface area contributed by atoms with Gasteiger partial charge in [-0.25, -0.2) is 0 Å². The Labute approximate surface area is 168 Å². The second-order valence-electron chi connectivity index (χ2n) is 7.20. The minimum absolute atomic E-state index is 0. The van der Waals surface area contributed by atoms with Gasteiger partial charge in [0.1, 0.15) is 0 Å². The average Bonchev–Trinajstić information content (AvgIpc) is 3.26. The first-order valence-corrected chi connectivity index (χ1v) is 8.95. The Morgan fingerprint density at radius 3 is 2.76 bits per heavy atom. The lowest BCUT2D eigenvalue weighted by Crippen LogP contribution is -2.46. The molecular weight excluding hydrogens is 427 g/mol.